The average Bonchev–Trinajstić information content (AvgIpc) is 3.08. The van der Waals surface area contributed by atoms with Crippen LogP contribution in [0, 0.1) is 0 Å². The molecule has 0 spiro atoms. The number of hydrogen-bond donors (Lipinski definition) is 1. The van der Waals surface area contributed by atoms with Gasteiger partial charge in [0.15, 0.2) is 0 Å². The van der Waals surface area contributed by atoms with Crippen LogP contribution in [-0.4, -0.2) is 35.7 Å². The summed E-state index contributed by atoms with van der Waals surface area (Å²) in [6.45, 7) is 2.20. The molecule has 0 bridgehead atoms. The number of hydrogen-bond acceptors (Lipinski definition) is 4. The summed E-state index contributed by atoms with van der Waals surface area (Å²) < 4.78 is 6.76. The number of aryl methyl sites for hydroxylation is 1. The molecule has 2 aromatic carbocycles. The molecule has 0 aliphatic carbocycles. The third-order valence-electron chi connectivity index (χ3n) is 5.50. The first-order valence-electron chi connectivity index (χ1n) is 9.69. The number of piperidine rings is 1. The molecule has 0 radical (unpaired) electrons. The summed E-state index contributed by atoms with van der Waals surface area (Å²) in [6.07, 6.45) is 5.57. The van der Waals surface area contributed by atoms with Crippen LogP contribution in [0.15, 0.2) is 48.5 Å². The zero-order valence-corrected chi connectivity index (χ0v) is 16.3. The second-order valence-corrected chi connectivity index (χ2v) is 7.25. The minimum Gasteiger partial charge on any atom is -0.466 e. The first-order valence-corrected chi connectivity index (χ1v) is 9.69. The van der Waals surface area contributed by atoms with Gasteiger partial charge in [-0.3, -0.25) is 0 Å². The molecule has 5 nitrogen and oxygen atoms in total. The molecule has 1 aliphatic heterocycles. The Kier molecular flexibility index (Phi) is 5.26. The van der Waals surface area contributed by atoms with Crippen LogP contribution >= 0.6 is 0 Å². The van der Waals surface area contributed by atoms with Gasteiger partial charge in [0.1, 0.15) is 5.82 Å². The molecule has 1 aromatic heterocycles. The summed E-state index contributed by atoms with van der Waals surface area (Å²) in [5.74, 6) is 1.23. The standard InChI is InChI=1S/C23H25N3O2/c1-26-21-9-3-16(4-10-22(27)28-2)15-20(21)25-23(26)19-7-5-17(6-8-19)18-11-13-24-14-12-18/h3-10,15,18,24H,11-14H2,1-2H3/b10-4+. The lowest BCUT2D eigenvalue weighted by molar-refractivity contribution is -0.134. The van der Waals surface area contributed by atoms with Crippen LogP contribution in [0.2, 0.25) is 0 Å². The quantitative estimate of drug-likeness (QED) is 0.555. The molecule has 1 fully saturated rings. The van der Waals surface area contributed by atoms with Gasteiger partial charge in [0.25, 0.3) is 0 Å². The number of methoxy groups -OCH3 is 1. The molecule has 1 saturated heterocycles. The average molecular weight is 375 g/mol. The number of aromatic nitrogens is 2. The number of rotatable bonds is 4. The number of imidazole rings is 1. The van der Waals surface area contributed by atoms with Crippen molar-refractivity contribution in [2.24, 2.45) is 7.05 Å². The summed E-state index contributed by atoms with van der Waals surface area (Å²) in [6, 6.07) is 14.8. The van der Waals surface area contributed by atoms with Crippen molar-refractivity contribution < 1.29 is 9.53 Å². The molecule has 144 valence electrons. The van der Waals surface area contributed by atoms with Gasteiger partial charge in [-0.05, 0) is 61.2 Å². The molecule has 1 N–H and O–H groups in total. The van der Waals surface area contributed by atoms with Crippen LogP contribution < -0.4 is 5.32 Å². The lowest BCUT2D eigenvalue weighted by atomic mass is 9.90. The lowest BCUT2D eigenvalue weighted by Crippen LogP contribution is -2.26. The van der Waals surface area contributed by atoms with Crippen molar-refractivity contribution in [3.05, 3.63) is 59.7 Å². The number of esters is 1. The van der Waals surface area contributed by atoms with Crippen molar-refractivity contribution in [3.63, 3.8) is 0 Å². The maximum Gasteiger partial charge on any atom is 0.330 e. The molecule has 0 unspecified atom stereocenters. The van der Waals surface area contributed by atoms with E-state index >= 15 is 0 Å². The smallest absolute Gasteiger partial charge is 0.330 e. The van der Waals surface area contributed by atoms with Gasteiger partial charge < -0.3 is 14.6 Å². The fourth-order valence-corrected chi connectivity index (χ4v) is 3.87. The Balaban J connectivity index is 1.62. The maximum atomic E-state index is 11.3. The summed E-state index contributed by atoms with van der Waals surface area (Å²) in [4.78, 5) is 16.1. The van der Waals surface area contributed by atoms with E-state index in [1.54, 1.807) is 6.08 Å². The summed E-state index contributed by atoms with van der Waals surface area (Å²) in [5, 5.41) is 3.42. The fourth-order valence-electron chi connectivity index (χ4n) is 3.87. The van der Waals surface area contributed by atoms with Crippen LogP contribution in [0.4, 0.5) is 0 Å². The Morgan fingerprint density at radius 1 is 1.18 bits per heavy atom. The fraction of sp³-hybridized carbons (Fsp3) is 0.304. The van der Waals surface area contributed by atoms with Crippen LogP contribution in [0.25, 0.3) is 28.5 Å². The highest BCUT2D eigenvalue weighted by atomic mass is 16.5. The van der Waals surface area contributed by atoms with E-state index in [0.29, 0.717) is 5.92 Å². The molecule has 5 heteroatoms. The minimum atomic E-state index is -0.365. The van der Waals surface area contributed by atoms with Crippen LogP contribution in [-0.2, 0) is 16.6 Å². The first-order chi connectivity index (χ1) is 13.7. The van der Waals surface area contributed by atoms with Gasteiger partial charge >= 0.3 is 5.97 Å². The predicted molar refractivity (Wildman–Crippen MR) is 112 cm³/mol. The number of nitrogens with one attached hydrogen (secondary N) is 1. The van der Waals surface area contributed by atoms with Gasteiger partial charge in [-0.15, -0.1) is 0 Å². The Morgan fingerprint density at radius 3 is 2.64 bits per heavy atom. The van der Waals surface area contributed by atoms with E-state index in [1.807, 2.05) is 25.2 Å². The number of ether oxygens (including phenoxy) is 1. The zero-order valence-electron chi connectivity index (χ0n) is 16.3. The van der Waals surface area contributed by atoms with E-state index in [-0.39, 0.29) is 5.97 Å². The van der Waals surface area contributed by atoms with E-state index in [2.05, 4.69) is 38.9 Å². The topological polar surface area (TPSA) is 56.1 Å². The number of carbonyl (C=O) groups excluding carboxylic acids is 1. The molecule has 1 aliphatic rings. The summed E-state index contributed by atoms with van der Waals surface area (Å²) in [7, 11) is 3.41. The highest BCUT2D eigenvalue weighted by molar-refractivity contribution is 5.88. The molecule has 28 heavy (non-hydrogen) atoms. The Hall–Kier alpha value is -2.92. The van der Waals surface area contributed by atoms with E-state index in [0.717, 1.165) is 41.1 Å². The van der Waals surface area contributed by atoms with Gasteiger partial charge in [-0.25, -0.2) is 9.78 Å². The predicted octanol–water partition coefficient (Wildman–Crippen LogP) is 3.89. The maximum absolute atomic E-state index is 11.3. The second-order valence-electron chi connectivity index (χ2n) is 7.25. The van der Waals surface area contributed by atoms with Crippen molar-refractivity contribution in [1.29, 1.82) is 0 Å². The van der Waals surface area contributed by atoms with Crippen LogP contribution in [0.1, 0.15) is 29.9 Å². The number of carbonyl (C=O) groups is 1. The van der Waals surface area contributed by atoms with Crippen molar-refractivity contribution in [2.75, 3.05) is 20.2 Å². The van der Waals surface area contributed by atoms with Crippen LogP contribution in [0.3, 0.4) is 0 Å². The second kappa shape index (κ2) is 7.98. The number of benzene rings is 2. The van der Waals surface area contributed by atoms with Crippen molar-refractivity contribution in [1.82, 2.24) is 14.9 Å². The van der Waals surface area contributed by atoms with Gasteiger partial charge in [0.2, 0.25) is 0 Å². The number of fused-ring (bicyclic) bond motifs is 1. The molecule has 0 saturated carbocycles. The molecular weight excluding hydrogens is 350 g/mol. The summed E-state index contributed by atoms with van der Waals surface area (Å²) in [5.41, 5.74) is 5.42. The number of nitrogens with zero attached hydrogens (tertiary/aromatic N) is 2. The largest absolute Gasteiger partial charge is 0.466 e. The molecule has 4 rings (SSSR count). The van der Waals surface area contributed by atoms with Gasteiger partial charge in [-0.1, -0.05) is 30.3 Å². The van der Waals surface area contributed by atoms with Gasteiger partial charge in [0, 0.05) is 18.7 Å². The zero-order chi connectivity index (χ0) is 19.5. The van der Waals surface area contributed by atoms with Crippen molar-refractivity contribution >= 4 is 23.1 Å². The highest BCUT2D eigenvalue weighted by Gasteiger charge is 2.16. The van der Waals surface area contributed by atoms with E-state index in [9.17, 15) is 4.79 Å². The van der Waals surface area contributed by atoms with Gasteiger partial charge in [0.05, 0.1) is 18.1 Å². The molecular formula is C23H25N3O2. The van der Waals surface area contributed by atoms with Crippen molar-refractivity contribution in [2.45, 2.75) is 18.8 Å². The summed E-state index contributed by atoms with van der Waals surface area (Å²) >= 11 is 0. The monoisotopic (exact) mass is 375 g/mol. The SMILES string of the molecule is COC(=O)/C=C/c1ccc2c(c1)nc(-c1ccc(C3CCNCC3)cc1)n2C. The van der Waals surface area contributed by atoms with Crippen LogP contribution in [0.5, 0.6) is 0 Å². The first kappa shape index (κ1) is 18.4. The third-order valence-corrected chi connectivity index (χ3v) is 5.50. The highest BCUT2D eigenvalue weighted by Crippen LogP contribution is 2.29. The molecule has 3 aromatic rings. The van der Waals surface area contributed by atoms with E-state index < -0.39 is 0 Å². The molecule has 0 amide bonds. The molecule has 0 atom stereocenters. The Morgan fingerprint density at radius 2 is 1.93 bits per heavy atom. The lowest BCUT2D eigenvalue weighted by Gasteiger charge is -2.23. The Bertz CT molecular complexity index is 1010. The van der Waals surface area contributed by atoms with E-state index in [4.69, 9.17) is 4.98 Å². The van der Waals surface area contributed by atoms with Crippen molar-refractivity contribution in [3.8, 4) is 11.4 Å². The third kappa shape index (κ3) is 3.71. The normalized spacial score (nSPS) is 15.4. The van der Waals surface area contributed by atoms with E-state index in [1.165, 1.54) is 31.6 Å². The van der Waals surface area contributed by atoms with Gasteiger partial charge in [-0.2, -0.15) is 0 Å². The minimum absolute atomic E-state index is 0.365. The Labute approximate surface area is 165 Å². The molecule has 2 heterocycles.